The zero-order chi connectivity index (χ0) is 22.8. The number of hydrogen-bond acceptors (Lipinski definition) is 4. The maximum absolute atomic E-state index is 13.0. The summed E-state index contributed by atoms with van der Waals surface area (Å²) in [6.45, 7) is 1.44. The molecule has 0 saturated carbocycles. The number of nitrogen functional groups attached to an aromatic ring is 1. The number of carbonyl (C=O) groups is 1. The van der Waals surface area contributed by atoms with Crippen molar-refractivity contribution in [3.8, 4) is 0 Å². The number of aromatic amines is 1. The van der Waals surface area contributed by atoms with E-state index in [4.69, 9.17) is 5.73 Å². The minimum absolute atomic E-state index is 0.0597. The topological polar surface area (TPSA) is 102 Å². The van der Waals surface area contributed by atoms with Crippen LogP contribution in [0.5, 0.6) is 0 Å². The highest BCUT2D eigenvalue weighted by Crippen LogP contribution is 2.31. The summed E-state index contributed by atoms with van der Waals surface area (Å²) >= 11 is 0. The predicted molar refractivity (Wildman–Crippen MR) is 129 cm³/mol. The number of H-pyrrole nitrogens is 1. The number of amides is 1. The second-order valence-corrected chi connectivity index (χ2v) is 8.40. The third kappa shape index (κ3) is 4.43. The average molecular weight is 440 g/mol. The summed E-state index contributed by atoms with van der Waals surface area (Å²) in [5.41, 5.74) is 10.6. The Hall–Kier alpha value is -4.13. The molecule has 0 atom stereocenters. The molecule has 3 aromatic heterocycles. The van der Waals surface area contributed by atoms with E-state index < -0.39 is 0 Å². The monoisotopic (exact) mass is 439 g/mol. The Balaban J connectivity index is 1.21. The molecule has 1 aromatic carbocycles. The molecule has 166 valence electrons. The lowest BCUT2D eigenvalue weighted by atomic mass is 9.93. The van der Waals surface area contributed by atoms with Gasteiger partial charge in [-0.15, -0.1) is 0 Å². The number of pyridine rings is 2. The molecule has 7 nitrogen and oxygen atoms in total. The Morgan fingerprint density at radius 1 is 1.12 bits per heavy atom. The second-order valence-electron chi connectivity index (χ2n) is 8.40. The molecule has 4 aromatic rings. The normalized spacial score (nSPS) is 14.8. The van der Waals surface area contributed by atoms with E-state index >= 15 is 0 Å². The van der Waals surface area contributed by atoms with Gasteiger partial charge in [-0.25, -0.2) is 4.98 Å². The van der Waals surface area contributed by atoms with Gasteiger partial charge in [-0.3, -0.25) is 4.79 Å². The van der Waals surface area contributed by atoms with Gasteiger partial charge in [0.15, 0.2) is 12.4 Å². The van der Waals surface area contributed by atoms with Crippen molar-refractivity contribution in [3.05, 3.63) is 94.7 Å². The molecule has 3 N–H and O–H groups in total. The van der Waals surface area contributed by atoms with Crippen molar-refractivity contribution in [1.82, 2.24) is 14.9 Å². The van der Waals surface area contributed by atoms with Crippen LogP contribution in [-0.2, 0) is 0 Å². The smallest absolute Gasteiger partial charge is 0.253 e. The molecule has 0 unspecified atom stereocenters. The number of hydrogen-bond donors (Lipinski definition) is 2. The highest BCUT2D eigenvalue weighted by atomic mass is 16.5. The summed E-state index contributed by atoms with van der Waals surface area (Å²) in [6.07, 6.45) is 10.3. The fourth-order valence-corrected chi connectivity index (χ4v) is 4.39. The van der Waals surface area contributed by atoms with Crippen LogP contribution in [0.15, 0.2) is 67.1 Å². The average Bonchev–Trinajstić information content (AvgIpc) is 3.29. The maximum atomic E-state index is 13.0. The van der Waals surface area contributed by atoms with Gasteiger partial charge in [-0.05, 0) is 54.8 Å². The van der Waals surface area contributed by atoms with Gasteiger partial charge in [0.2, 0.25) is 0 Å². The van der Waals surface area contributed by atoms with Crippen molar-refractivity contribution < 1.29 is 9.52 Å². The standard InChI is InChI=1S/C26H25N5O2/c27-25-22-16-24(29-23(22)9-12-28-25)20-10-14-30(15-11-20)26(32)21-7-5-18(6-8-21)3-4-19-2-1-13-31(33)17-19/h1-9,12-13,16-17,20,29H,10-11,14-15H2,(H2,27,28)/b4-3+. The van der Waals surface area contributed by atoms with Crippen LogP contribution in [0, 0.1) is 5.21 Å². The molecule has 1 saturated heterocycles. The number of nitrogens with two attached hydrogens (primary N) is 1. The minimum Gasteiger partial charge on any atom is -0.619 e. The van der Waals surface area contributed by atoms with Gasteiger partial charge < -0.3 is 20.8 Å². The van der Waals surface area contributed by atoms with Crippen LogP contribution in [0.3, 0.4) is 0 Å². The quantitative estimate of drug-likeness (QED) is 0.371. The molecule has 1 amide bonds. The van der Waals surface area contributed by atoms with E-state index in [9.17, 15) is 10.0 Å². The third-order valence-corrected chi connectivity index (χ3v) is 6.25. The number of piperidine rings is 1. The van der Waals surface area contributed by atoms with Crippen LogP contribution in [0.2, 0.25) is 0 Å². The first-order valence-corrected chi connectivity index (χ1v) is 11.1. The zero-order valence-corrected chi connectivity index (χ0v) is 18.1. The molecule has 5 rings (SSSR count). The summed E-state index contributed by atoms with van der Waals surface area (Å²) in [5.74, 6) is 0.974. The molecular weight excluding hydrogens is 414 g/mol. The summed E-state index contributed by atoms with van der Waals surface area (Å²) < 4.78 is 0.773. The number of anilines is 1. The van der Waals surface area contributed by atoms with Crippen molar-refractivity contribution in [2.24, 2.45) is 0 Å². The zero-order valence-electron chi connectivity index (χ0n) is 18.1. The molecule has 0 radical (unpaired) electrons. The van der Waals surface area contributed by atoms with Crippen LogP contribution in [-0.4, -0.2) is 33.9 Å². The van der Waals surface area contributed by atoms with Gasteiger partial charge >= 0.3 is 0 Å². The first kappa shape index (κ1) is 20.8. The van der Waals surface area contributed by atoms with Crippen LogP contribution < -0.4 is 10.5 Å². The molecule has 1 aliphatic rings. The number of nitrogens with one attached hydrogen (secondary N) is 1. The molecule has 0 aliphatic carbocycles. The van der Waals surface area contributed by atoms with E-state index in [1.807, 2.05) is 53.5 Å². The number of nitrogens with zero attached hydrogens (tertiary/aromatic N) is 3. The lowest BCUT2D eigenvalue weighted by Gasteiger charge is -2.31. The van der Waals surface area contributed by atoms with Crippen molar-refractivity contribution in [2.75, 3.05) is 18.8 Å². The van der Waals surface area contributed by atoms with E-state index in [1.54, 1.807) is 12.3 Å². The SMILES string of the molecule is Nc1nccc2[nH]c(C3CCN(C(=O)c4ccc(/C=C/c5ccc[n+]([O-])c5)cc4)CC3)cc12. The van der Waals surface area contributed by atoms with E-state index in [2.05, 4.69) is 16.0 Å². The predicted octanol–water partition coefficient (Wildman–Crippen LogP) is 3.97. The Morgan fingerprint density at radius 2 is 1.88 bits per heavy atom. The van der Waals surface area contributed by atoms with Gasteiger partial charge in [0.25, 0.3) is 5.91 Å². The first-order chi connectivity index (χ1) is 16.1. The van der Waals surface area contributed by atoms with Crippen LogP contribution >= 0.6 is 0 Å². The molecule has 33 heavy (non-hydrogen) atoms. The number of rotatable bonds is 4. The Morgan fingerprint density at radius 3 is 2.61 bits per heavy atom. The van der Waals surface area contributed by atoms with Crippen LogP contribution in [0.1, 0.15) is 45.9 Å². The molecule has 4 heterocycles. The van der Waals surface area contributed by atoms with Gasteiger partial charge in [-0.2, -0.15) is 4.73 Å². The van der Waals surface area contributed by atoms with E-state index in [-0.39, 0.29) is 5.91 Å². The fourth-order valence-electron chi connectivity index (χ4n) is 4.39. The molecule has 1 aliphatic heterocycles. The number of fused-ring (bicyclic) bond motifs is 1. The summed E-state index contributed by atoms with van der Waals surface area (Å²) in [5, 5.41) is 12.3. The van der Waals surface area contributed by atoms with Crippen LogP contribution in [0.25, 0.3) is 23.1 Å². The van der Waals surface area contributed by atoms with E-state index in [0.717, 1.165) is 58.4 Å². The number of carbonyl (C=O) groups excluding carboxylic acids is 1. The lowest BCUT2D eigenvalue weighted by Crippen LogP contribution is -2.37. The summed E-state index contributed by atoms with van der Waals surface area (Å²) in [6, 6.07) is 15.2. The fraction of sp³-hybridized carbons (Fsp3) is 0.192. The first-order valence-electron chi connectivity index (χ1n) is 11.1. The number of likely N-dealkylation sites (tertiary alicyclic amines) is 1. The van der Waals surface area contributed by atoms with Crippen LogP contribution in [0.4, 0.5) is 5.82 Å². The Bertz CT molecular complexity index is 1320. The second kappa shape index (κ2) is 8.78. The molecular formula is C26H25N5O2. The molecule has 1 fully saturated rings. The van der Waals surface area contributed by atoms with Crippen molar-refractivity contribution in [2.45, 2.75) is 18.8 Å². The summed E-state index contributed by atoms with van der Waals surface area (Å²) in [7, 11) is 0. The maximum Gasteiger partial charge on any atom is 0.253 e. The highest BCUT2D eigenvalue weighted by molar-refractivity contribution is 5.94. The van der Waals surface area contributed by atoms with Gasteiger partial charge in [0.05, 0.1) is 5.52 Å². The third-order valence-electron chi connectivity index (χ3n) is 6.25. The lowest BCUT2D eigenvalue weighted by molar-refractivity contribution is -0.605. The van der Waals surface area contributed by atoms with Crippen molar-refractivity contribution in [3.63, 3.8) is 0 Å². The summed E-state index contributed by atoms with van der Waals surface area (Å²) in [4.78, 5) is 22.5. The Kier molecular flexibility index (Phi) is 5.52. The van der Waals surface area contributed by atoms with E-state index in [0.29, 0.717) is 17.3 Å². The van der Waals surface area contributed by atoms with Gasteiger partial charge in [0, 0.05) is 53.5 Å². The van der Waals surface area contributed by atoms with Crippen molar-refractivity contribution >= 4 is 34.8 Å². The van der Waals surface area contributed by atoms with Gasteiger partial charge in [-0.1, -0.05) is 18.2 Å². The molecule has 0 bridgehead atoms. The Labute approximate surface area is 191 Å². The largest absolute Gasteiger partial charge is 0.619 e. The van der Waals surface area contributed by atoms with Gasteiger partial charge in [0.1, 0.15) is 5.82 Å². The van der Waals surface area contributed by atoms with E-state index in [1.165, 1.54) is 12.4 Å². The molecule has 7 heteroatoms. The number of benzene rings is 1. The molecule has 0 spiro atoms. The minimum atomic E-state index is 0.0597. The highest BCUT2D eigenvalue weighted by Gasteiger charge is 2.25. The van der Waals surface area contributed by atoms with Crippen molar-refractivity contribution in [1.29, 1.82) is 0 Å². The number of aromatic nitrogens is 3.